The minimum Gasteiger partial charge on any atom is -0.495 e. The maximum atomic E-state index is 13.7. The summed E-state index contributed by atoms with van der Waals surface area (Å²) in [7, 11) is 1.71. The van der Waals surface area contributed by atoms with E-state index in [2.05, 4.69) is 26.5 Å². The van der Waals surface area contributed by atoms with Crippen LogP contribution in [0.2, 0.25) is 0 Å². The lowest BCUT2D eigenvalue weighted by Crippen LogP contribution is -2.51. The van der Waals surface area contributed by atoms with E-state index >= 15 is 0 Å². The SMILES string of the molecule is COc1ccccc1N1CCN(c2ccc(NC(=O)C34CC5CC(CC(C5)C3)C4)cc2C(=O)NC2CC2)CC1. The molecule has 206 valence electrons. The summed E-state index contributed by atoms with van der Waals surface area (Å²) >= 11 is 0. The van der Waals surface area contributed by atoms with Gasteiger partial charge in [0.1, 0.15) is 5.75 Å². The third-order valence-corrected chi connectivity index (χ3v) is 9.98. The summed E-state index contributed by atoms with van der Waals surface area (Å²) in [6.45, 7) is 3.30. The van der Waals surface area contributed by atoms with Crippen LogP contribution < -0.4 is 25.2 Å². The molecule has 2 aromatic rings. The van der Waals surface area contributed by atoms with E-state index in [-0.39, 0.29) is 23.3 Å². The number of hydrogen-bond donors (Lipinski definition) is 2. The number of amides is 2. The number of methoxy groups -OCH3 is 1. The predicted octanol–water partition coefficient (Wildman–Crippen LogP) is 5.07. The number of nitrogens with zero attached hydrogens (tertiary/aromatic N) is 2. The molecular weight excluding hydrogens is 488 g/mol. The van der Waals surface area contributed by atoms with Crippen molar-refractivity contribution in [3.8, 4) is 5.75 Å². The number of anilines is 3. The van der Waals surface area contributed by atoms with Crippen LogP contribution in [0.3, 0.4) is 0 Å². The smallest absolute Gasteiger partial charge is 0.253 e. The Balaban J connectivity index is 1.10. The summed E-state index contributed by atoms with van der Waals surface area (Å²) < 4.78 is 5.58. The molecule has 6 fully saturated rings. The van der Waals surface area contributed by atoms with Gasteiger partial charge in [-0.15, -0.1) is 0 Å². The number of ether oxygens (including phenoxy) is 1. The first kappa shape index (κ1) is 24.8. The summed E-state index contributed by atoms with van der Waals surface area (Å²) in [4.78, 5) is 31.8. The molecular formula is C32H40N4O3. The normalized spacial score (nSPS) is 29.3. The van der Waals surface area contributed by atoms with Crippen molar-refractivity contribution in [2.24, 2.45) is 23.2 Å². The molecule has 39 heavy (non-hydrogen) atoms. The number of carbonyl (C=O) groups excluding carboxylic acids is 2. The molecule has 7 heteroatoms. The zero-order valence-corrected chi connectivity index (χ0v) is 23.0. The van der Waals surface area contributed by atoms with Crippen molar-refractivity contribution in [1.29, 1.82) is 0 Å². The molecule has 8 rings (SSSR count). The molecule has 1 heterocycles. The van der Waals surface area contributed by atoms with Gasteiger partial charge >= 0.3 is 0 Å². The van der Waals surface area contributed by atoms with Crippen LogP contribution in [0.1, 0.15) is 61.7 Å². The lowest BCUT2D eigenvalue weighted by Gasteiger charge is -2.55. The maximum absolute atomic E-state index is 13.7. The minimum atomic E-state index is -0.210. The van der Waals surface area contributed by atoms with Gasteiger partial charge in [-0.2, -0.15) is 0 Å². The number of carbonyl (C=O) groups is 2. The Morgan fingerprint density at radius 3 is 2.08 bits per heavy atom. The van der Waals surface area contributed by atoms with Crippen molar-refractivity contribution in [2.45, 2.75) is 57.4 Å². The Kier molecular flexibility index (Phi) is 6.20. The number of hydrogen-bond acceptors (Lipinski definition) is 5. The number of rotatable bonds is 7. The minimum absolute atomic E-state index is 0.0365. The maximum Gasteiger partial charge on any atom is 0.253 e. The fourth-order valence-electron chi connectivity index (χ4n) is 8.29. The Bertz CT molecular complexity index is 1230. The lowest BCUT2D eigenvalue weighted by atomic mass is 9.49. The molecule has 5 aliphatic carbocycles. The standard InChI is InChI=1S/C32H40N4O3/c1-39-29-5-3-2-4-28(29)36-12-10-35(11-13-36)27-9-8-25(17-26(27)30(37)33-24-6-7-24)34-31(38)32-18-21-14-22(19-32)16-23(15-21)20-32/h2-5,8-9,17,21-24H,6-7,10-16,18-20H2,1H3,(H,33,37)(H,34,38). The van der Waals surface area contributed by atoms with E-state index in [0.717, 1.165) is 98.8 Å². The highest BCUT2D eigenvalue weighted by Gasteiger charge is 2.54. The van der Waals surface area contributed by atoms with E-state index in [1.54, 1.807) is 7.11 Å². The van der Waals surface area contributed by atoms with E-state index in [4.69, 9.17) is 4.74 Å². The molecule has 0 atom stereocenters. The van der Waals surface area contributed by atoms with Gasteiger partial charge in [-0.3, -0.25) is 9.59 Å². The largest absolute Gasteiger partial charge is 0.495 e. The number of nitrogens with one attached hydrogen (secondary N) is 2. The second-order valence-electron chi connectivity index (χ2n) is 12.8. The molecule has 0 radical (unpaired) electrons. The van der Waals surface area contributed by atoms with Crippen LogP contribution in [-0.2, 0) is 4.79 Å². The molecule has 2 N–H and O–H groups in total. The van der Waals surface area contributed by atoms with E-state index in [0.29, 0.717) is 5.56 Å². The number of benzene rings is 2. The molecule has 0 spiro atoms. The Hall–Kier alpha value is -3.22. The van der Waals surface area contributed by atoms with E-state index < -0.39 is 0 Å². The van der Waals surface area contributed by atoms with Gasteiger partial charge in [0.05, 0.1) is 23.8 Å². The Morgan fingerprint density at radius 2 is 1.46 bits per heavy atom. The first-order chi connectivity index (χ1) is 19.0. The third-order valence-electron chi connectivity index (χ3n) is 9.98. The molecule has 1 aliphatic heterocycles. The molecule has 2 amide bonds. The number of para-hydroxylation sites is 2. The van der Waals surface area contributed by atoms with Crippen molar-refractivity contribution in [3.05, 3.63) is 48.0 Å². The quantitative estimate of drug-likeness (QED) is 0.525. The van der Waals surface area contributed by atoms with E-state index in [1.165, 1.54) is 19.3 Å². The molecule has 0 unspecified atom stereocenters. The van der Waals surface area contributed by atoms with Crippen LogP contribution >= 0.6 is 0 Å². The van der Waals surface area contributed by atoms with Crippen LogP contribution in [0, 0.1) is 23.2 Å². The summed E-state index contributed by atoms with van der Waals surface area (Å²) in [6.07, 6.45) is 9.14. The van der Waals surface area contributed by atoms with E-state index in [1.807, 2.05) is 36.4 Å². The Labute approximate surface area is 231 Å². The molecule has 6 aliphatic rings. The molecule has 2 aromatic carbocycles. The second kappa shape index (κ2) is 9.76. The van der Waals surface area contributed by atoms with Gasteiger partial charge in [0, 0.05) is 43.6 Å². The first-order valence-electron chi connectivity index (χ1n) is 14.9. The summed E-state index contributed by atoms with van der Waals surface area (Å²) in [5, 5.41) is 6.46. The van der Waals surface area contributed by atoms with Crippen LogP contribution in [0.5, 0.6) is 5.75 Å². The highest BCUT2D eigenvalue weighted by Crippen LogP contribution is 2.60. The van der Waals surface area contributed by atoms with Gasteiger partial charge in [0.25, 0.3) is 5.91 Å². The molecule has 4 bridgehead atoms. The average Bonchev–Trinajstić information content (AvgIpc) is 3.76. The molecule has 0 aromatic heterocycles. The van der Waals surface area contributed by atoms with Gasteiger partial charge in [0.2, 0.25) is 5.91 Å². The van der Waals surface area contributed by atoms with Crippen LogP contribution in [0.15, 0.2) is 42.5 Å². The zero-order valence-electron chi connectivity index (χ0n) is 23.0. The Morgan fingerprint density at radius 1 is 0.846 bits per heavy atom. The molecule has 5 saturated carbocycles. The van der Waals surface area contributed by atoms with Gasteiger partial charge in [0.15, 0.2) is 0 Å². The fourth-order valence-corrected chi connectivity index (χ4v) is 8.29. The van der Waals surface area contributed by atoms with Crippen molar-refractivity contribution >= 4 is 28.9 Å². The summed E-state index contributed by atoms with van der Waals surface area (Å²) in [5.41, 5.74) is 3.25. The second-order valence-corrected chi connectivity index (χ2v) is 12.8. The predicted molar refractivity (Wildman–Crippen MR) is 154 cm³/mol. The monoisotopic (exact) mass is 528 g/mol. The van der Waals surface area contributed by atoms with Crippen LogP contribution in [0.4, 0.5) is 17.1 Å². The van der Waals surface area contributed by atoms with Crippen molar-refractivity contribution in [1.82, 2.24) is 5.32 Å². The van der Waals surface area contributed by atoms with Crippen LogP contribution in [-0.4, -0.2) is 51.1 Å². The van der Waals surface area contributed by atoms with Crippen molar-refractivity contribution in [2.75, 3.05) is 48.4 Å². The van der Waals surface area contributed by atoms with Gasteiger partial charge in [-0.1, -0.05) is 12.1 Å². The van der Waals surface area contributed by atoms with Gasteiger partial charge in [-0.25, -0.2) is 0 Å². The van der Waals surface area contributed by atoms with Crippen molar-refractivity contribution < 1.29 is 14.3 Å². The third kappa shape index (κ3) is 4.74. The highest BCUT2D eigenvalue weighted by atomic mass is 16.5. The number of piperazine rings is 1. The molecule has 1 saturated heterocycles. The summed E-state index contributed by atoms with van der Waals surface area (Å²) in [6, 6.07) is 14.4. The topological polar surface area (TPSA) is 73.9 Å². The fraction of sp³-hybridized carbons (Fsp3) is 0.562. The average molecular weight is 529 g/mol. The lowest BCUT2D eigenvalue weighted by molar-refractivity contribution is -0.140. The molecule has 7 nitrogen and oxygen atoms in total. The first-order valence-corrected chi connectivity index (χ1v) is 14.9. The van der Waals surface area contributed by atoms with Gasteiger partial charge < -0.3 is 25.2 Å². The van der Waals surface area contributed by atoms with Gasteiger partial charge in [-0.05, 0) is 99.5 Å². The van der Waals surface area contributed by atoms with Crippen LogP contribution in [0.25, 0.3) is 0 Å². The van der Waals surface area contributed by atoms with Crippen molar-refractivity contribution in [3.63, 3.8) is 0 Å². The summed E-state index contributed by atoms with van der Waals surface area (Å²) in [5.74, 6) is 3.18. The van der Waals surface area contributed by atoms with E-state index in [9.17, 15) is 9.59 Å². The zero-order chi connectivity index (χ0) is 26.6. The highest BCUT2D eigenvalue weighted by molar-refractivity contribution is 6.03.